The highest BCUT2D eigenvalue weighted by Gasteiger charge is 2.41. The molecule has 8 aromatic carbocycles. The Hall–Kier alpha value is -15.6. The van der Waals surface area contributed by atoms with Crippen LogP contribution in [0.1, 0.15) is 150 Å². The number of hydrogen-bond donors (Lipinski definition) is 5. The fourth-order valence-corrected chi connectivity index (χ4v) is 12.2. The van der Waals surface area contributed by atoms with E-state index >= 15 is 0 Å². The molecule has 14 rings (SSSR count). The number of aromatic carboxylic acids is 1. The lowest BCUT2D eigenvalue weighted by Crippen LogP contribution is -2.34. The number of nitrogens with one attached hydrogen (secondary N) is 3. The Labute approximate surface area is 815 Å². The summed E-state index contributed by atoms with van der Waals surface area (Å²) in [6.07, 6.45) is -4.43. The van der Waals surface area contributed by atoms with E-state index < -0.39 is 72.6 Å². The summed E-state index contributed by atoms with van der Waals surface area (Å²) >= 11 is 0. The zero-order valence-corrected chi connectivity index (χ0v) is 79.4. The Morgan fingerprint density at radius 3 is 0.958 bits per heavy atom. The predicted molar refractivity (Wildman–Crippen MR) is 519 cm³/mol. The van der Waals surface area contributed by atoms with E-state index in [4.69, 9.17) is 48.7 Å². The molecule has 0 aliphatic carbocycles. The van der Waals surface area contributed by atoms with Gasteiger partial charge in [-0.15, -0.1) is 0 Å². The van der Waals surface area contributed by atoms with Crippen LogP contribution in [0.2, 0.25) is 0 Å². The number of ether oxygens (including phenoxy) is 9. The minimum absolute atomic E-state index is 0.0770. The van der Waals surface area contributed by atoms with Gasteiger partial charge in [-0.2, -0.15) is 30.7 Å². The second-order valence-electron chi connectivity index (χ2n) is 30.8. The number of carboxylic acids is 1. The molecule has 142 heavy (non-hydrogen) atoms. The van der Waals surface area contributed by atoms with E-state index in [1.807, 2.05) is 207 Å². The zero-order chi connectivity index (χ0) is 102. The van der Waals surface area contributed by atoms with Crippen LogP contribution in [0.15, 0.2) is 274 Å². The number of aromatic nitrogens is 12. The van der Waals surface area contributed by atoms with Crippen LogP contribution >= 0.6 is 0 Å². The first-order chi connectivity index (χ1) is 68.2. The molecule has 0 saturated heterocycles. The first-order valence-electron chi connectivity index (χ1n) is 44.6. The number of amides is 3. The summed E-state index contributed by atoms with van der Waals surface area (Å²) in [5.41, 5.74) is 14.7. The summed E-state index contributed by atoms with van der Waals surface area (Å²) in [7, 11) is 0. The lowest BCUT2D eigenvalue weighted by Gasteiger charge is -2.21. The molecule has 742 valence electrons. The maximum absolute atomic E-state index is 13.6. The summed E-state index contributed by atoms with van der Waals surface area (Å²) < 4.78 is 136. The number of nitrogen functional groups attached to an aromatic ring is 1. The second-order valence-corrected chi connectivity index (χ2v) is 30.8. The van der Waals surface area contributed by atoms with Crippen LogP contribution in [0.4, 0.5) is 58.3 Å². The number of hydrogen-bond acceptors (Lipinski definition) is 27. The number of halogens is 7. The van der Waals surface area contributed by atoms with E-state index in [-0.39, 0.29) is 61.7 Å². The minimum atomic E-state index is -4.46. The van der Waals surface area contributed by atoms with Crippen LogP contribution < -0.4 is 21.7 Å². The first kappa shape index (κ1) is 110. The SMILES string of the molecule is CC(F)(F)OC(F)(F)COCc1nc(-c2ccccc2)ncc1NC(=O)c1ccccc1.CCOCc1nc(-c2ccccc2)ncc1C(=O)O.CCOCc1nc(-c2ccccc2)ncc1C(=O)OCC.CCOCc1nc(-c2ccccc2)ncc1N.CCOCc1nc(-c2ccccc2)ncc1NC(=O)OC(C)(C)C.CCOCc1nc(-c2ccccc2)ncc1NC(=O)c1ccc(C(F)(F)F)cc1. The molecule has 0 aliphatic rings. The highest BCUT2D eigenvalue weighted by atomic mass is 19.4. The van der Waals surface area contributed by atoms with Gasteiger partial charge in [-0.3, -0.25) is 19.6 Å². The molecule has 0 aliphatic heterocycles. The van der Waals surface area contributed by atoms with E-state index in [0.717, 1.165) is 57.8 Å². The summed E-state index contributed by atoms with van der Waals surface area (Å²) in [5, 5.41) is 17.0. The summed E-state index contributed by atoms with van der Waals surface area (Å²) in [5.74, 6) is 0.571. The van der Waals surface area contributed by atoms with Gasteiger partial charge in [0.05, 0.1) is 134 Å². The van der Waals surface area contributed by atoms with Gasteiger partial charge in [0.2, 0.25) is 0 Å². The first-order valence-corrected chi connectivity index (χ1v) is 44.6. The largest absolute Gasteiger partial charge is 0.478 e. The van der Waals surface area contributed by atoms with Crippen molar-refractivity contribution in [3.05, 3.63) is 336 Å². The molecule has 6 N–H and O–H groups in total. The van der Waals surface area contributed by atoms with Crippen molar-refractivity contribution >= 4 is 52.6 Å². The van der Waals surface area contributed by atoms with Crippen molar-refractivity contribution in [3.8, 4) is 68.3 Å². The van der Waals surface area contributed by atoms with Crippen molar-refractivity contribution in [2.24, 2.45) is 0 Å². The Kier molecular flexibility index (Phi) is 43.3. The predicted octanol–water partition coefficient (Wildman–Crippen LogP) is 21.6. The molecule has 0 bridgehead atoms. The number of rotatable bonds is 35. The maximum atomic E-state index is 13.6. The topological polar surface area (TPSA) is 405 Å². The van der Waals surface area contributed by atoms with Crippen LogP contribution in [-0.2, 0) is 88.4 Å². The molecule has 31 nitrogen and oxygen atoms in total. The Morgan fingerprint density at radius 1 is 0.338 bits per heavy atom. The molecule has 6 aromatic heterocycles. The minimum Gasteiger partial charge on any atom is -0.478 e. The third-order valence-electron chi connectivity index (χ3n) is 18.9. The Bertz CT molecular complexity index is 6310. The number of nitrogens with zero attached hydrogens (tertiary/aromatic N) is 12. The van der Waals surface area contributed by atoms with E-state index in [0.29, 0.717) is 132 Å². The highest BCUT2D eigenvalue weighted by Crippen LogP contribution is 2.33. The molecule has 0 fully saturated rings. The van der Waals surface area contributed by atoms with Gasteiger partial charge in [-0.05, 0) is 98.7 Å². The van der Waals surface area contributed by atoms with Gasteiger partial charge in [-0.1, -0.05) is 200 Å². The zero-order valence-electron chi connectivity index (χ0n) is 79.4. The van der Waals surface area contributed by atoms with Gasteiger partial charge in [0.1, 0.15) is 23.3 Å². The number of benzene rings is 8. The van der Waals surface area contributed by atoms with E-state index in [2.05, 4.69) is 80.5 Å². The molecule has 0 radical (unpaired) electrons. The number of esters is 1. The molecular formula is C104H107F7N16O15. The number of carboxylic acid groups (broad SMARTS) is 1. The third kappa shape index (κ3) is 36.6. The Balaban J connectivity index is 0.000000193. The van der Waals surface area contributed by atoms with E-state index in [9.17, 15) is 54.7 Å². The molecule has 14 aromatic rings. The normalized spacial score (nSPS) is 11.0. The summed E-state index contributed by atoms with van der Waals surface area (Å²) in [6.45, 7) is 19.2. The molecule has 0 atom stereocenters. The van der Waals surface area contributed by atoms with Crippen molar-refractivity contribution in [1.82, 2.24) is 59.8 Å². The van der Waals surface area contributed by atoms with Gasteiger partial charge in [0.25, 0.3) is 11.8 Å². The van der Waals surface area contributed by atoms with Crippen molar-refractivity contribution < 1.29 is 102 Å². The van der Waals surface area contributed by atoms with Crippen molar-refractivity contribution in [3.63, 3.8) is 0 Å². The molecule has 3 amide bonds. The monoisotopic (exact) mass is 1950 g/mol. The fourth-order valence-electron chi connectivity index (χ4n) is 12.2. The van der Waals surface area contributed by atoms with Gasteiger partial charge in [0, 0.05) is 96.9 Å². The fraction of sp³-hybridized carbons (Fsp3) is 0.260. The van der Waals surface area contributed by atoms with Crippen LogP contribution in [0.5, 0.6) is 0 Å². The van der Waals surface area contributed by atoms with Crippen LogP contribution in [0.3, 0.4) is 0 Å². The van der Waals surface area contributed by atoms with Gasteiger partial charge in [0.15, 0.2) is 34.9 Å². The Morgan fingerprint density at radius 2 is 0.627 bits per heavy atom. The van der Waals surface area contributed by atoms with Gasteiger partial charge in [-0.25, -0.2) is 74.2 Å². The number of alkyl halides is 7. The van der Waals surface area contributed by atoms with Crippen molar-refractivity contribution in [2.45, 2.75) is 133 Å². The number of carbonyl (C=O) groups is 5. The molecule has 0 saturated carbocycles. The molecule has 6 heterocycles. The molecule has 0 unspecified atom stereocenters. The molecular weight excluding hydrogens is 1850 g/mol. The standard InChI is InChI=1S/C22H19F4N3O3.C21H18F3N3O2.C18H23N3O3.C16H18N2O3.C14H14N2O3.C13H15N3O/c1-21(23,24)32-22(25,26)14-31-13-18-17(29-20(30)16-10-6-3-7-11-16)12-27-19(28-18)15-8-4-2-5-9-15;1-2-29-13-18-17(12-25-19(26-18)14-6-4-3-5-7-14)27-20(28)15-8-10-16(11-9-15)21(22,23)24;1-5-23-12-15-14(21-17(22)24-18(2,3)4)11-19-16(20-15)13-9-7-6-8-10-13;1-3-20-11-14-13(16(19)21-4-2)10-17-15(18-14)12-8-6-5-7-9-12;1-2-19-9-12-11(14(17)18)8-15-13(16-12)10-6-4-3-5-7-10;1-2-17-9-12-11(14)8-15-13(16-12)10-6-4-3-5-7-10/h2-12H,13-14H2,1H3,(H,29,30);3-12H,2,13H2,1H3,(H,27,28);6-11H,5,12H2,1-4H3,(H,21,22);5-10H,3-4,11H2,1-2H3;3-8H,2,9H2,1H3,(H,17,18);3-8H,2,9,14H2,1H3. The van der Waals surface area contributed by atoms with Crippen molar-refractivity contribution in [2.75, 3.05) is 67.9 Å². The average molecular weight is 1950 g/mol. The highest BCUT2D eigenvalue weighted by molar-refractivity contribution is 6.05. The van der Waals surface area contributed by atoms with E-state index in [1.165, 1.54) is 24.8 Å². The van der Waals surface area contributed by atoms with Crippen LogP contribution in [-0.4, -0.2) is 159 Å². The maximum Gasteiger partial charge on any atom is 0.416 e. The number of anilines is 4. The van der Waals surface area contributed by atoms with Crippen LogP contribution in [0.25, 0.3) is 68.3 Å². The molecule has 0 spiro atoms. The quantitative estimate of drug-likeness (QED) is 0.0182. The third-order valence-corrected chi connectivity index (χ3v) is 18.9. The van der Waals surface area contributed by atoms with Crippen molar-refractivity contribution in [1.29, 1.82) is 0 Å². The lowest BCUT2D eigenvalue weighted by molar-refractivity contribution is -0.378. The average Bonchev–Trinajstić information content (AvgIpc) is 0.835. The molecule has 38 heteroatoms. The number of nitrogens with two attached hydrogens (primary N) is 1. The second kappa shape index (κ2) is 55.9. The van der Waals surface area contributed by atoms with Gasteiger partial charge >= 0.3 is 36.4 Å². The smallest absolute Gasteiger partial charge is 0.416 e. The van der Waals surface area contributed by atoms with Gasteiger partial charge < -0.3 is 59.4 Å². The van der Waals surface area contributed by atoms with E-state index in [1.54, 1.807) is 80.0 Å². The lowest BCUT2D eigenvalue weighted by atomic mass is 10.1. The summed E-state index contributed by atoms with van der Waals surface area (Å²) in [4.78, 5) is 112. The summed E-state index contributed by atoms with van der Waals surface area (Å²) in [6, 6.07) is 68.9. The number of carbonyl (C=O) groups excluding carboxylic acids is 4. The van der Waals surface area contributed by atoms with Crippen LogP contribution in [0, 0.1) is 0 Å².